The van der Waals surface area contributed by atoms with Gasteiger partial charge >= 0.3 is 0 Å². The number of nitrogens with one attached hydrogen (secondary N) is 1. The van der Waals surface area contributed by atoms with E-state index in [4.69, 9.17) is 0 Å². The highest BCUT2D eigenvalue weighted by Gasteiger charge is 2.11. The molecule has 4 aromatic rings. The largest absolute Gasteiger partial charge is 0.504 e. The molecular formula is C17H12N4O3S. The van der Waals surface area contributed by atoms with Crippen molar-refractivity contribution in [2.45, 2.75) is 0 Å². The number of hydrogen-bond donors (Lipinski definition) is 4. The second-order valence-electron chi connectivity index (χ2n) is 5.29. The normalized spacial score (nSPS) is 11.5. The van der Waals surface area contributed by atoms with Crippen LogP contribution in [-0.2, 0) is 0 Å². The number of hydrogen-bond acceptors (Lipinski definition) is 7. The Labute approximate surface area is 145 Å². The van der Waals surface area contributed by atoms with E-state index in [-0.39, 0.29) is 17.4 Å². The van der Waals surface area contributed by atoms with Crippen molar-refractivity contribution in [3.8, 4) is 28.6 Å². The molecule has 4 N–H and O–H groups in total. The quantitative estimate of drug-likeness (QED) is 0.312. The number of fused-ring (bicyclic) bond motifs is 1. The summed E-state index contributed by atoms with van der Waals surface area (Å²) in [6.45, 7) is 0. The third-order valence-electron chi connectivity index (χ3n) is 3.66. The van der Waals surface area contributed by atoms with E-state index in [0.717, 1.165) is 10.9 Å². The molecule has 8 heteroatoms. The highest BCUT2D eigenvalue weighted by molar-refractivity contribution is 7.13. The number of benzene rings is 2. The molecule has 0 unspecified atom stereocenters. The van der Waals surface area contributed by atoms with Crippen LogP contribution >= 0.6 is 11.3 Å². The van der Waals surface area contributed by atoms with Crippen LogP contribution in [0.1, 0.15) is 0 Å². The molecule has 0 atom stereocenters. The lowest BCUT2D eigenvalue weighted by Crippen LogP contribution is -1.77. The van der Waals surface area contributed by atoms with Crippen molar-refractivity contribution in [2.24, 2.45) is 10.2 Å². The fourth-order valence-electron chi connectivity index (χ4n) is 2.43. The molecule has 7 nitrogen and oxygen atoms in total. The zero-order valence-corrected chi connectivity index (χ0v) is 13.5. The Bertz CT molecular complexity index is 1100. The van der Waals surface area contributed by atoms with Gasteiger partial charge in [0.15, 0.2) is 17.2 Å². The summed E-state index contributed by atoms with van der Waals surface area (Å²) >= 11 is 1.28. The van der Waals surface area contributed by atoms with E-state index < -0.39 is 0 Å². The molecule has 0 fully saturated rings. The summed E-state index contributed by atoms with van der Waals surface area (Å²) in [6.07, 6.45) is 0. The second-order valence-corrected chi connectivity index (χ2v) is 6.12. The van der Waals surface area contributed by atoms with Gasteiger partial charge in [-0.3, -0.25) is 0 Å². The van der Waals surface area contributed by atoms with E-state index in [9.17, 15) is 15.3 Å². The van der Waals surface area contributed by atoms with Crippen molar-refractivity contribution >= 4 is 33.1 Å². The van der Waals surface area contributed by atoms with Crippen molar-refractivity contribution in [3.05, 3.63) is 47.8 Å². The van der Waals surface area contributed by atoms with Crippen molar-refractivity contribution in [2.75, 3.05) is 0 Å². The van der Waals surface area contributed by atoms with Crippen molar-refractivity contribution in [1.82, 2.24) is 9.97 Å². The van der Waals surface area contributed by atoms with E-state index in [1.807, 2.05) is 24.3 Å². The van der Waals surface area contributed by atoms with Gasteiger partial charge in [-0.15, -0.1) is 21.6 Å². The number of para-hydroxylation sites is 1. The average Bonchev–Trinajstić information content (AvgIpc) is 3.19. The van der Waals surface area contributed by atoms with Crippen LogP contribution in [0.25, 0.3) is 22.2 Å². The van der Waals surface area contributed by atoms with Crippen molar-refractivity contribution in [3.63, 3.8) is 0 Å². The van der Waals surface area contributed by atoms with Gasteiger partial charge in [-0.2, -0.15) is 0 Å². The number of phenolic OH excluding ortho intramolecular Hbond substituents is 2. The summed E-state index contributed by atoms with van der Waals surface area (Å²) in [5, 5.41) is 40.1. The van der Waals surface area contributed by atoms with Gasteiger partial charge in [0.1, 0.15) is 0 Å². The molecule has 2 aromatic heterocycles. The van der Waals surface area contributed by atoms with Crippen LogP contribution in [0.5, 0.6) is 17.4 Å². The minimum atomic E-state index is -0.211. The van der Waals surface area contributed by atoms with E-state index in [0.29, 0.717) is 22.1 Å². The number of aromatic hydroxyl groups is 3. The van der Waals surface area contributed by atoms with Gasteiger partial charge in [0.25, 0.3) is 0 Å². The summed E-state index contributed by atoms with van der Waals surface area (Å²) in [7, 11) is 0. The van der Waals surface area contributed by atoms with Gasteiger partial charge < -0.3 is 20.3 Å². The zero-order chi connectivity index (χ0) is 17.4. The standard InChI is InChI=1S/C17H12N4O3S/c22-13-6-5-9(7-14(13)23)12-8-25-17(19-12)21-20-15-10-3-1-2-4-11(10)18-16(15)24/h1-8,18,22-24H. The lowest BCUT2D eigenvalue weighted by atomic mass is 10.1. The van der Waals surface area contributed by atoms with Crippen LogP contribution in [0.15, 0.2) is 58.1 Å². The Morgan fingerprint density at radius 3 is 2.64 bits per heavy atom. The molecule has 0 spiro atoms. The number of azo groups is 1. The Morgan fingerprint density at radius 2 is 1.80 bits per heavy atom. The van der Waals surface area contributed by atoms with E-state index in [2.05, 4.69) is 20.2 Å². The van der Waals surface area contributed by atoms with Crippen LogP contribution in [0, 0.1) is 0 Å². The average molecular weight is 352 g/mol. The van der Waals surface area contributed by atoms with Gasteiger partial charge in [0.05, 0.1) is 11.2 Å². The summed E-state index contributed by atoms with van der Waals surface area (Å²) in [6, 6.07) is 11.9. The monoisotopic (exact) mass is 352 g/mol. The van der Waals surface area contributed by atoms with E-state index >= 15 is 0 Å². The highest BCUT2D eigenvalue weighted by atomic mass is 32.1. The van der Waals surface area contributed by atoms with Gasteiger partial charge in [0.2, 0.25) is 11.0 Å². The molecule has 0 radical (unpaired) electrons. The Balaban J connectivity index is 1.65. The minimum Gasteiger partial charge on any atom is -0.504 e. The summed E-state index contributed by atoms with van der Waals surface area (Å²) < 4.78 is 0. The van der Waals surface area contributed by atoms with Crippen molar-refractivity contribution < 1.29 is 15.3 Å². The maximum Gasteiger partial charge on any atom is 0.230 e. The topological polar surface area (TPSA) is 114 Å². The zero-order valence-electron chi connectivity index (χ0n) is 12.7. The Kier molecular flexibility index (Phi) is 3.58. The molecule has 124 valence electrons. The maximum absolute atomic E-state index is 9.97. The molecular weight excluding hydrogens is 340 g/mol. The number of H-pyrrole nitrogens is 1. The minimum absolute atomic E-state index is 0.0508. The Hall–Kier alpha value is -3.39. The van der Waals surface area contributed by atoms with Crippen LogP contribution in [0.3, 0.4) is 0 Å². The highest BCUT2D eigenvalue weighted by Crippen LogP contribution is 2.37. The molecule has 4 rings (SSSR count). The molecule has 0 aliphatic rings. The third kappa shape index (κ3) is 2.79. The molecule has 0 bridgehead atoms. The lowest BCUT2D eigenvalue weighted by molar-refractivity contribution is 0.404. The molecule has 0 amide bonds. The number of thiazole rings is 1. The van der Waals surface area contributed by atoms with Crippen LogP contribution in [0.4, 0.5) is 10.8 Å². The summed E-state index contributed by atoms with van der Waals surface area (Å²) in [5.41, 5.74) is 2.39. The summed E-state index contributed by atoms with van der Waals surface area (Å²) in [5.74, 6) is -0.448. The smallest absolute Gasteiger partial charge is 0.230 e. The molecule has 0 aliphatic carbocycles. The maximum atomic E-state index is 9.97. The van der Waals surface area contributed by atoms with Crippen molar-refractivity contribution in [1.29, 1.82) is 0 Å². The number of nitrogens with zero attached hydrogens (tertiary/aromatic N) is 3. The molecule has 2 heterocycles. The molecule has 2 aromatic carbocycles. The molecule has 0 saturated carbocycles. The fourth-order valence-corrected chi connectivity index (χ4v) is 3.08. The fraction of sp³-hybridized carbons (Fsp3) is 0. The predicted molar refractivity (Wildman–Crippen MR) is 95.0 cm³/mol. The van der Waals surface area contributed by atoms with Crippen LogP contribution in [0.2, 0.25) is 0 Å². The van der Waals surface area contributed by atoms with E-state index in [1.54, 1.807) is 11.4 Å². The molecule has 0 saturated heterocycles. The number of aromatic nitrogens is 2. The first kappa shape index (κ1) is 15.2. The first-order valence-electron chi connectivity index (χ1n) is 7.31. The SMILES string of the molecule is Oc1ccc(-c2csc(N=Nc3c(O)[nH]c4ccccc34)n2)cc1O. The van der Waals surface area contributed by atoms with E-state index in [1.165, 1.54) is 23.5 Å². The lowest BCUT2D eigenvalue weighted by Gasteiger charge is -1.99. The number of aromatic amines is 1. The van der Waals surface area contributed by atoms with Gasteiger partial charge in [-0.25, -0.2) is 4.98 Å². The van der Waals surface area contributed by atoms with Crippen LogP contribution in [-0.4, -0.2) is 25.3 Å². The summed E-state index contributed by atoms with van der Waals surface area (Å²) in [4.78, 5) is 7.17. The van der Waals surface area contributed by atoms with Gasteiger partial charge in [0, 0.05) is 16.3 Å². The van der Waals surface area contributed by atoms with Gasteiger partial charge in [-0.05, 0) is 24.3 Å². The Morgan fingerprint density at radius 1 is 0.960 bits per heavy atom. The molecule has 0 aliphatic heterocycles. The van der Waals surface area contributed by atoms with Gasteiger partial charge in [-0.1, -0.05) is 18.2 Å². The third-order valence-corrected chi connectivity index (χ3v) is 4.38. The first-order chi connectivity index (χ1) is 12.1. The number of rotatable bonds is 3. The predicted octanol–water partition coefficient (Wildman–Crippen LogP) is 4.82. The molecule has 25 heavy (non-hydrogen) atoms. The number of phenols is 2. The first-order valence-corrected chi connectivity index (χ1v) is 8.19. The van der Waals surface area contributed by atoms with Crippen LogP contribution < -0.4 is 0 Å². The second kappa shape index (κ2) is 5.91.